The molecule has 0 bridgehead atoms. The van der Waals surface area contributed by atoms with E-state index in [4.69, 9.17) is 16.3 Å². The number of nitrogens with one attached hydrogen (secondary N) is 2. The van der Waals surface area contributed by atoms with Crippen LogP contribution in [-0.4, -0.2) is 19.1 Å². The van der Waals surface area contributed by atoms with E-state index in [0.29, 0.717) is 10.7 Å². The number of amides is 1. The van der Waals surface area contributed by atoms with Crippen LogP contribution >= 0.6 is 11.6 Å². The summed E-state index contributed by atoms with van der Waals surface area (Å²) >= 11 is 5.81. The van der Waals surface area contributed by atoms with E-state index in [-0.39, 0.29) is 11.9 Å². The highest BCUT2D eigenvalue weighted by Crippen LogP contribution is 2.17. The topological polar surface area (TPSA) is 50.4 Å². The summed E-state index contributed by atoms with van der Waals surface area (Å²) in [4.78, 5) is 12.1. The summed E-state index contributed by atoms with van der Waals surface area (Å²) in [6.45, 7) is 1.80. The third kappa shape index (κ3) is 4.39. The van der Waals surface area contributed by atoms with Gasteiger partial charge in [-0.15, -0.1) is 0 Å². The molecule has 5 heteroatoms. The summed E-state index contributed by atoms with van der Waals surface area (Å²) in [7, 11) is 1.62. The summed E-state index contributed by atoms with van der Waals surface area (Å²) in [6, 6.07) is 14.0. The number of hydrogen-bond acceptors (Lipinski definition) is 3. The van der Waals surface area contributed by atoms with Crippen LogP contribution in [0.5, 0.6) is 5.75 Å². The lowest BCUT2D eigenvalue weighted by molar-refractivity contribution is -0.116. The maximum Gasteiger partial charge on any atom is 0.246 e. The highest BCUT2D eigenvalue weighted by atomic mass is 35.5. The lowest BCUT2D eigenvalue weighted by Crippen LogP contribution is -2.31. The first-order valence-corrected chi connectivity index (χ1v) is 6.93. The zero-order valence-corrected chi connectivity index (χ0v) is 12.6. The lowest BCUT2D eigenvalue weighted by Gasteiger charge is -2.15. The van der Waals surface area contributed by atoms with Crippen molar-refractivity contribution in [2.45, 2.75) is 13.0 Å². The number of anilines is 2. The fraction of sp³-hybridized carbons (Fsp3) is 0.188. The Labute approximate surface area is 129 Å². The quantitative estimate of drug-likeness (QED) is 0.883. The summed E-state index contributed by atoms with van der Waals surface area (Å²) < 4.78 is 5.09. The van der Waals surface area contributed by atoms with Crippen LogP contribution in [0.3, 0.4) is 0 Å². The number of carbonyl (C=O) groups excluding carboxylic acids is 1. The number of halogens is 1. The van der Waals surface area contributed by atoms with Crippen molar-refractivity contribution in [2.24, 2.45) is 0 Å². The van der Waals surface area contributed by atoms with Gasteiger partial charge in [0.25, 0.3) is 0 Å². The van der Waals surface area contributed by atoms with Gasteiger partial charge in [0.15, 0.2) is 0 Å². The van der Waals surface area contributed by atoms with Crippen molar-refractivity contribution in [3.63, 3.8) is 0 Å². The van der Waals surface area contributed by atoms with Gasteiger partial charge in [0.05, 0.1) is 7.11 Å². The van der Waals surface area contributed by atoms with Crippen molar-refractivity contribution in [3.05, 3.63) is 53.6 Å². The Morgan fingerprint density at radius 3 is 2.19 bits per heavy atom. The van der Waals surface area contributed by atoms with Crippen LogP contribution in [0.1, 0.15) is 6.92 Å². The Kier molecular flexibility index (Phi) is 5.06. The zero-order valence-electron chi connectivity index (χ0n) is 11.9. The standard InChI is InChI=1S/C16H17ClN2O2/c1-11(18-13-7-9-15(21-2)10-8-13)16(20)19-14-5-3-12(17)4-6-14/h3-11,18H,1-2H3,(H,19,20)/t11-/m0/s1. The third-order valence-corrected chi connectivity index (χ3v) is 3.23. The third-order valence-electron chi connectivity index (χ3n) is 2.98. The van der Waals surface area contributed by atoms with Crippen molar-refractivity contribution in [1.29, 1.82) is 0 Å². The normalized spacial score (nSPS) is 11.6. The molecule has 1 atom stereocenters. The monoisotopic (exact) mass is 304 g/mol. The molecular formula is C16H17ClN2O2. The first-order valence-electron chi connectivity index (χ1n) is 6.55. The number of hydrogen-bond donors (Lipinski definition) is 2. The van der Waals surface area contributed by atoms with Crippen LogP contribution in [-0.2, 0) is 4.79 Å². The van der Waals surface area contributed by atoms with E-state index in [1.807, 2.05) is 24.3 Å². The SMILES string of the molecule is COc1ccc(N[C@@H](C)C(=O)Nc2ccc(Cl)cc2)cc1. The average Bonchev–Trinajstić information content (AvgIpc) is 2.50. The van der Waals surface area contributed by atoms with Crippen molar-refractivity contribution in [1.82, 2.24) is 0 Å². The van der Waals surface area contributed by atoms with Gasteiger partial charge in [0.1, 0.15) is 11.8 Å². The van der Waals surface area contributed by atoms with Gasteiger partial charge >= 0.3 is 0 Å². The van der Waals surface area contributed by atoms with Crippen LogP contribution in [0.4, 0.5) is 11.4 Å². The Bertz CT molecular complexity index is 597. The molecule has 21 heavy (non-hydrogen) atoms. The molecule has 0 saturated carbocycles. The number of carbonyl (C=O) groups is 1. The summed E-state index contributed by atoms with van der Waals surface area (Å²) in [5.74, 6) is 0.659. The second-order valence-electron chi connectivity index (χ2n) is 4.59. The number of methoxy groups -OCH3 is 1. The van der Waals surface area contributed by atoms with E-state index >= 15 is 0 Å². The highest BCUT2D eigenvalue weighted by molar-refractivity contribution is 6.30. The molecule has 2 aromatic rings. The molecule has 2 N–H and O–H groups in total. The number of ether oxygens (including phenoxy) is 1. The summed E-state index contributed by atoms with van der Waals surface area (Å²) in [5.41, 5.74) is 1.57. The largest absolute Gasteiger partial charge is 0.497 e. The highest BCUT2D eigenvalue weighted by Gasteiger charge is 2.12. The molecule has 0 spiro atoms. The minimum atomic E-state index is -0.367. The van der Waals surface area contributed by atoms with Gasteiger partial charge in [-0.3, -0.25) is 4.79 Å². The fourth-order valence-corrected chi connectivity index (χ4v) is 1.91. The van der Waals surface area contributed by atoms with E-state index in [0.717, 1.165) is 11.4 Å². The Balaban J connectivity index is 1.93. The Hall–Kier alpha value is -2.20. The lowest BCUT2D eigenvalue weighted by atomic mass is 10.2. The molecule has 0 aliphatic carbocycles. The van der Waals surface area contributed by atoms with Gasteiger partial charge in [-0.2, -0.15) is 0 Å². The number of rotatable bonds is 5. The van der Waals surface area contributed by atoms with Crippen LogP contribution < -0.4 is 15.4 Å². The first kappa shape index (κ1) is 15.2. The molecule has 2 aromatic carbocycles. The van der Waals surface area contributed by atoms with E-state index < -0.39 is 0 Å². The van der Waals surface area contributed by atoms with E-state index in [2.05, 4.69) is 10.6 Å². The maximum absolute atomic E-state index is 12.1. The van der Waals surface area contributed by atoms with Gasteiger partial charge in [-0.1, -0.05) is 11.6 Å². The van der Waals surface area contributed by atoms with Gasteiger partial charge in [0.2, 0.25) is 5.91 Å². The van der Waals surface area contributed by atoms with E-state index in [9.17, 15) is 4.79 Å². The van der Waals surface area contributed by atoms with Crippen LogP contribution in [0.2, 0.25) is 5.02 Å². The molecule has 0 saturated heterocycles. The van der Waals surface area contributed by atoms with E-state index in [1.54, 1.807) is 38.3 Å². The smallest absolute Gasteiger partial charge is 0.246 e. The van der Waals surface area contributed by atoms with Gasteiger partial charge in [-0.05, 0) is 55.5 Å². The Morgan fingerprint density at radius 1 is 1.05 bits per heavy atom. The predicted octanol–water partition coefficient (Wildman–Crippen LogP) is 3.79. The van der Waals surface area contributed by atoms with Crippen molar-refractivity contribution in [2.75, 3.05) is 17.7 Å². The van der Waals surface area contributed by atoms with Crippen molar-refractivity contribution < 1.29 is 9.53 Å². The van der Waals surface area contributed by atoms with Gasteiger partial charge in [0, 0.05) is 16.4 Å². The summed E-state index contributed by atoms with van der Waals surface area (Å²) in [6.07, 6.45) is 0. The van der Waals surface area contributed by atoms with Gasteiger partial charge in [-0.25, -0.2) is 0 Å². The Morgan fingerprint density at radius 2 is 1.62 bits per heavy atom. The predicted molar refractivity (Wildman–Crippen MR) is 86.2 cm³/mol. The molecule has 0 aliphatic rings. The molecule has 0 fully saturated rings. The summed E-state index contributed by atoms with van der Waals surface area (Å²) in [5, 5.41) is 6.59. The zero-order chi connectivity index (χ0) is 15.2. The minimum absolute atomic E-state index is 0.117. The molecule has 110 valence electrons. The van der Waals surface area contributed by atoms with Crippen LogP contribution in [0, 0.1) is 0 Å². The van der Waals surface area contributed by atoms with Crippen molar-refractivity contribution >= 4 is 28.9 Å². The minimum Gasteiger partial charge on any atom is -0.497 e. The molecule has 0 unspecified atom stereocenters. The second-order valence-corrected chi connectivity index (χ2v) is 5.03. The van der Waals surface area contributed by atoms with Crippen LogP contribution in [0.15, 0.2) is 48.5 Å². The first-order chi connectivity index (χ1) is 10.1. The van der Waals surface area contributed by atoms with Crippen LogP contribution in [0.25, 0.3) is 0 Å². The fourth-order valence-electron chi connectivity index (χ4n) is 1.79. The molecule has 0 aromatic heterocycles. The molecule has 1 amide bonds. The second kappa shape index (κ2) is 6.99. The number of benzene rings is 2. The van der Waals surface area contributed by atoms with Gasteiger partial charge < -0.3 is 15.4 Å². The average molecular weight is 305 g/mol. The molecule has 0 heterocycles. The van der Waals surface area contributed by atoms with Crippen molar-refractivity contribution in [3.8, 4) is 5.75 Å². The maximum atomic E-state index is 12.1. The molecule has 0 radical (unpaired) electrons. The van der Waals surface area contributed by atoms with E-state index in [1.165, 1.54) is 0 Å². The molecule has 0 aliphatic heterocycles. The molecule has 4 nitrogen and oxygen atoms in total. The molecule has 2 rings (SSSR count). The molecular weight excluding hydrogens is 288 g/mol.